The maximum absolute atomic E-state index is 13.3. The Morgan fingerprint density at radius 3 is 2.26 bits per heavy atom. The molecule has 3 N–H and O–H groups in total. The largest absolute Gasteiger partial charge is 0.497 e. The zero-order valence-electron chi connectivity index (χ0n) is 16.7. The molecule has 0 aliphatic heterocycles. The van der Waals surface area contributed by atoms with Gasteiger partial charge in [0.25, 0.3) is 10.0 Å². The van der Waals surface area contributed by atoms with Crippen molar-refractivity contribution in [3.05, 3.63) is 84.4 Å². The number of nitrogens with zero attached hydrogens (tertiary/aromatic N) is 1. The number of carbonyl (C=O) groups is 2. The van der Waals surface area contributed by atoms with Crippen molar-refractivity contribution in [3.8, 4) is 5.75 Å². The lowest BCUT2D eigenvalue weighted by molar-refractivity contribution is -0.114. The lowest BCUT2D eigenvalue weighted by Gasteiger charge is -2.24. The second kappa shape index (κ2) is 9.31. The molecular formula is C22H21N3O5S. The number of amides is 2. The molecular weight excluding hydrogens is 418 g/mol. The molecule has 0 aromatic heterocycles. The highest BCUT2D eigenvalue weighted by Crippen LogP contribution is 2.27. The molecule has 0 spiro atoms. The Kier molecular flexibility index (Phi) is 6.56. The molecule has 0 bridgehead atoms. The number of hydrogen-bond acceptors (Lipinski definition) is 5. The number of primary amides is 1. The maximum Gasteiger partial charge on any atom is 0.264 e. The summed E-state index contributed by atoms with van der Waals surface area (Å²) in [7, 11) is -2.56. The van der Waals surface area contributed by atoms with Crippen molar-refractivity contribution in [2.45, 2.75) is 4.90 Å². The van der Waals surface area contributed by atoms with E-state index in [-0.39, 0.29) is 10.6 Å². The Bertz CT molecular complexity index is 1180. The topological polar surface area (TPSA) is 119 Å². The van der Waals surface area contributed by atoms with Crippen molar-refractivity contribution in [2.75, 3.05) is 23.3 Å². The van der Waals surface area contributed by atoms with Crippen LogP contribution in [0.2, 0.25) is 0 Å². The number of anilines is 2. The Morgan fingerprint density at radius 2 is 1.65 bits per heavy atom. The summed E-state index contributed by atoms with van der Waals surface area (Å²) in [5, 5.41) is 2.63. The molecule has 0 fully saturated rings. The summed E-state index contributed by atoms with van der Waals surface area (Å²) < 4.78 is 32.8. The van der Waals surface area contributed by atoms with E-state index >= 15 is 0 Å². The first kappa shape index (κ1) is 21.8. The second-order valence-corrected chi connectivity index (χ2v) is 8.38. The summed E-state index contributed by atoms with van der Waals surface area (Å²) in [6, 6.07) is 20.3. The maximum atomic E-state index is 13.3. The van der Waals surface area contributed by atoms with E-state index in [4.69, 9.17) is 10.5 Å². The Hall–Kier alpha value is -3.85. The second-order valence-electron chi connectivity index (χ2n) is 6.52. The van der Waals surface area contributed by atoms with Crippen LogP contribution < -0.4 is 20.1 Å². The van der Waals surface area contributed by atoms with Gasteiger partial charge in [-0.05, 0) is 48.5 Å². The summed E-state index contributed by atoms with van der Waals surface area (Å²) in [4.78, 5) is 23.9. The molecule has 3 rings (SSSR count). The fourth-order valence-corrected chi connectivity index (χ4v) is 4.28. The van der Waals surface area contributed by atoms with E-state index in [2.05, 4.69) is 5.32 Å². The molecule has 0 heterocycles. The van der Waals surface area contributed by atoms with E-state index in [1.807, 2.05) is 0 Å². The van der Waals surface area contributed by atoms with Crippen LogP contribution in [0.3, 0.4) is 0 Å². The third-order valence-corrected chi connectivity index (χ3v) is 6.20. The normalized spacial score (nSPS) is 10.9. The van der Waals surface area contributed by atoms with Gasteiger partial charge in [0.2, 0.25) is 11.8 Å². The summed E-state index contributed by atoms with van der Waals surface area (Å²) in [6.45, 7) is -0.470. The van der Waals surface area contributed by atoms with Gasteiger partial charge in [-0.15, -0.1) is 0 Å². The number of carbonyl (C=O) groups excluding carboxylic acids is 2. The highest BCUT2D eigenvalue weighted by atomic mass is 32.2. The van der Waals surface area contributed by atoms with E-state index in [9.17, 15) is 18.0 Å². The van der Waals surface area contributed by atoms with Crippen LogP contribution in [0, 0.1) is 0 Å². The van der Waals surface area contributed by atoms with Crippen LogP contribution in [0.5, 0.6) is 5.75 Å². The standard InChI is InChI=1S/C22H21N3O5S/c1-30-19-7-5-6-18(14-19)25(31(28,29)20-8-3-2-4-9-20)15-21(26)24-17-12-10-16(11-13-17)22(23)27/h2-14H,15H2,1H3,(H2,23,27)(H,24,26). The minimum Gasteiger partial charge on any atom is -0.497 e. The highest BCUT2D eigenvalue weighted by molar-refractivity contribution is 7.92. The number of sulfonamides is 1. The van der Waals surface area contributed by atoms with Crippen LogP contribution in [-0.2, 0) is 14.8 Å². The van der Waals surface area contributed by atoms with Gasteiger partial charge in [-0.25, -0.2) is 8.42 Å². The molecule has 9 heteroatoms. The average Bonchev–Trinajstić information content (AvgIpc) is 2.78. The van der Waals surface area contributed by atoms with Crippen molar-refractivity contribution < 1.29 is 22.7 Å². The summed E-state index contributed by atoms with van der Waals surface area (Å²) in [5.41, 5.74) is 6.19. The molecule has 0 radical (unpaired) electrons. The number of methoxy groups -OCH3 is 1. The molecule has 160 valence electrons. The van der Waals surface area contributed by atoms with Gasteiger partial charge >= 0.3 is 0 Å². The highest BCUT2D eigenvalue weighted by Gasteiger charge is 2.27. The lowest BCUT2D eigenvalue weighted by Crippen LogP contribution is -2.38. The minimum absolute atomic E-state index is 0.0523. The molecule has 0 saturated carbocycles. The molecule has 0 unspecified atom stereocenters. The van der Waals surface area contributed by atoms with Crippen molar-refractivity contribution >= 4 is 33.2 Å². The van der Waals surface area contributed by atoms with Crippen molar-refractivity contribution in [3.63, 3.8) is 0 Å². The summed E-state index contributed by atoms with van der Waals surface area (Å²) >= 11 is 0. The smallest absolute Gasteiger partial charge is 0.264 e. The predicted octanol–water partition coefficient (Wildman–Crippen LogP) is 2.63. The van der Waals surface area contributed by atoms with E-state index in [0.29, 0.717) is 17.0 Å². The van der Waals surface area contributed by atoms with E-state index < -0.39 is 28.4 Å². The van der Waals surface area contributed by atoms with Gasteiger partial charge in [0, 0.05) is 17.3 Å². The molecule has 31 heavy (non-hydrogen) atoms. The van der Waals surface area contributed by atoms with Crippen molar-refractivity contribution in [1.29, 1.82) is 0 Å². The van der Waals surface area contributed by atoms with Crippen LogP contribution in [0.25, 0.3) is 0 Å². The number of rotatable bonds is 8. The number of nitrogens with two attached hydrogens (primary N) is 1. The molecule has 0 aliphatic carbocycles. The van der Waals surface area contributed by atoms with Crippen molar-refractivity contribution in [2.24, 2.45) is 5.73 Å². The average molecular weight is 439 g/mol. The third-order valence-electron chi connectivity index (χ3n) is 4.41. The SMILES string of the molecule is COc1cccc(N(CC(=O)Nc2ccc(C(N)=O)cc2)S(=O)(=O)c2ccccc2)c1. The van der Waals surface area contributed by atoms with Gasteiger partial charge in [0.15, 0.2) is 0 Å². The molecule has 3 aromatic carbocycles. The number of ether oxygens (including phenoxy) is 1. The first-order valence-corrected chi connectivity index (χ1v) is 10.7. The molecule has 0 saturated heterocycles. The van der Waals surface area contributed by atoms with Gasteiger partial charge in [-0.2, -0.15) is 0 Å². The summed E-state index contributed by atoms with van der Waals surface area (Å²) in [6.07, 6.45) is 0. The Balaban J connectivity index is 1.91. The summed E-state index contributed by atoms with van der Waals surface area (Å²) in [5.74, 6) is -0.696. The fraction of sp³-hybridized carbons (Fsp3) is 0.0909. The third kappa shape index (κ3) is 5.20. The Labute approximate surface area is 180 Å². The molecule has 0 atom stereocenters. The van der Waals surface area contributed by atoms with Gasteiger partial charge in [0.05, 0.1) is 17.7 Å². The lowest BCUT2D eigenvalue weighted by atomic mass is 10.2. The van der Waals surface area contributed by atoms with Gasteiger partial charge in [-0.1, -0.05) is 24.3 Å². The van der Waals surface area contributed by atoms with E-state index in [0.717, 1.165) is 4.31 Å². The molecule has 2 amide bonds. The van der Waals surface area contributed by atoms with Crippen LogP contribution >= 0.6 is 0 Å². The van der Waals surface area contributed by atoms with Crippen LogP contribution in [0.4, 0.5) is 11.4 Å². The Morgan fingerprint density at radius 1 is 0.968 bits per heavy atom. The van der Waals surface area contributed by atoms with Crippen LogP contribution in [0.15, 0.2) is 83.8 Å². The molecule has 0 aliphatic rings. The van der Waals surface area contributed by atoms with E-state index in [1.54, 1.807) is 36.4 Å². The van der Waals surface area contributed by atoms with Crippen LogP contribution in [-0.4, -0.2) is 33.9 Å². The molecule has 3 aromatic rings. The van der Waals surface area contributed by atoms with Gasteiger partial charge < -0.3 is 15.8 Å². The predicted molar refractivity (Wildman–Crippen MR) is 118 cm³/mol. The van der Waals surface area contributed by atoms with E-state index in [1.165, 1.54) is 49.6 Å². The number of hydrogen-bond donors (Lipinski definition) is 2. The number of nitrogens with one attached hydrogen (secondary N) is 1. The van der Waals surface area contributed by atoms with Crippen molar-refractivity contribution in [1.82, 2.24) is 0 Å². The number of benzene rings is 3. The molecule has 8 nitrogen and oxygen atoms in total. The quantitative estimate of drug-likeness (QED) is 0.559. The van der Waals surface area contributed by atoms with Gasteiger partial charge in [-0.3, -0.25) is 13.9 Å². The first-order chi connectivity index (χ1) is 14.8. The van der Waals surface area contributed by atoms with Crippen LogP contribution in [0.1, 0.15) is 10.4 Å². The minimum atomic E-state index is -4.03. The monoisotopic (exact) mass is 439 g/mol. The first-order valence-electron chi connectivity index (χ1n) is 9.23. The zero-order valence-corrected chi connectivity index (χ0v) is 17.5. The fourth-order valence-electron chi connectivity index (χ4n) is 2.85. The zero-order chi connectivity index (χ0) is 22.4. The van der Waals surface area contributed by atoms with Gasteiger partial charge in [0.1, 0.15) is 12.3 Å².